The molecular weight excluding hydrogens is 404 g/mol. The number of nitrogens with zero attached hydrogens (tertiary/aromatic N) is 2. The minimum Gasteiger partial charge on any atom is -0.508 e. The summed E-state index contributed by atoms with van der Waals surface area (Å²) in [5, 5.41) is 12.8. The number of phenolic OH excluding ortho intramolecular Hbond substituents is 1. The first kappa shape index (κ1) is 18.3. The van der Waals surface area contributed by atoms with Crippen LogP contribution in [0.1, 0.15) is 28.2 Å². The fourth-order valence-electron chi connectivity index (χ4n) is 5.00. The molecule has 31 heavy (non-hydrogen) atoms. The zero-order chi connectivity index (χ0) is 21.2. The topological polar surface area (TPSA) is 53.2 Å². The zero-order valence-corrected chi connectivity index (χ0v) is 17.8. The van der Waals surface area contributed by atoms with E-state index in [0.717, 1.165) is 27.4 Å². The van der Waals surface area contributed by atoms with Gasteiger partial charge in [-0.15, -0.1) is 11.3 Å². The molecule has 1 aliphatic heterocycles. The summed E-state index contributed by atoms with van der Waals surface area (Å²) in [6.07, 6.45) is 2.37. The van der Waals surface area contributed by atoms with Crippen molar-refractivity contribution >= 4 is 22.4 Å². The number of thiazole rings is 1. The highest BCUT2D eigenvalue weighted by Gasteiger charge is 2.71. The number of aryl methyl sites for hydroxylation is 1. The third kappa shape index (κ3) is 2.66. The molecule has 1 spiro atoms. The number of fused-ring (bicyclic) bond motifs is 1. The monoisotopic (exact) mass is 424 g/mol. The molecule has 2 atom stereocenters. The van der Waals surface area contributed by atoms with Crippen molar-refractivity contribution in [2.24, 2.45) is 0 Å². The number of amides is 1. The van der Waals surface area contributed by atoms with Crippen molar-refractivity contribution in [1.82, 2.24) is 4.98 Å². The molecule has 1 aliphatic carbocycles. The van der Waals surface area contributed by atoms with Crippen LogP contribution in [0, 0.1) is 6.92 Å². The molecule has 0 bridgehead atoms. The van der Waals surface area contributed by atoms with Crippen LogP contribution in [0.4, 0.5) is 5.13 Å². The second-order valence-corrected chi connectivity index (χ2v) is 9.23. The number of aromatic nitrogens is 1. The van der Waals surface area contributed by atoms with Gasteiger partial charge in [-0.1, -0.05) is 60.2 Å². The average molecular weight is 425 g/mol. The van der Waals surface area contributed by atoms with Crippen LogP contribution in [0.3, 0.4) is 0 Å². The first-order valence-corrected chi connectivity index (χ1v) is 11.2. The largest absolute Gasteiger partial charge is 0.508 e. The summed E-state index contributed by atoms with van der Waals surface area (Å²) in [6, 6.07) is 22.4. The van der Waals surface area contributed by atoms with E-state index in [2.05, 4.69) is 60.4 Å². The summed E-state index contributed by atoms with van der Waals surface area (Å²) >= 11 is 1.48. The van der Waals surface area contributed by atoms with Gasteiger partial charge >= 0.3 is 0 Å². The number of carbonyl (C=O) groups is 1. The molecule has 1 saturated heterocycles. The molecule has 2 heterocycles. The lowest BCUT2D eigenvalue weighted by atomic mass is 9.84. The Hall–Kier alpha value is -3.44. The van der Waals surface area contributed by atoms with Gasteiger partial charge in [0.25, 0.3) is 5.91 Å². The van der Waals surface area contributed by atoms with E-state index >= 15 is 0 Å². The Morgan fingerprint density at radius 2 is 1.74 bits per heavy atom. The van der Waals surface area contributed by atoms with Crippen LogP contribution in [-0.4, -0.2) is 21.5 Å². The number of aromatic hydroxyl groups is 1. The highest BCUT2D eigenvalue weighted by atomic mass is 32.1. The number of anilines is 1. The first-order chi connectivity index (χ1) is 15.1. The summed E-state index contributed by atoms with van der Waals surface area (Å²) in [7, 11) is 0. The molecule has 0 saturated carbocycles. The molecule has 0 radical (unpaired) electrons. The number of phenols is 1. The molecule has 4 nitrogen and oxygen atoms in total. The van der Waals surface area contributed by atoms with E-state index in [1.54, 1.807) is 12.3 Å². The van der Waals surface area contributed by atoms with E-state index < -0.39 is 5.54 Å². The van der Waals surface area contributed by atoms with Crippen LogP contribution < -0.4 is 4.90 Å². The van der Waals surface area contributed by atoms with Crippen LogP contribution in [0.25, 0.3) is 11.1 Å². The fourth-order valence-corrected chi connectivity index (χ4v) is 5.71. The van der Waals surface area contributed by atoms with Gasteiger partial charge < -0.3 is 5.11 Å². The molecule has 1 aromatic heterocycles. The number of hydrogen-bond donors (Lipinski definition) is 1. The van der Waals surface area contributed by atoms with Gasteiger partial charge in [-0.25, -0.2) is 4.98 Å². The van der Waals surface area contributed by atoms with Crippen LogP contribution in [0.15, 0.2) is 78.3 Å². The minimum atomic E-state index is -0.653. The Morgan fingerprint density at radius 3 is 2.42 bits per heavy atom. The predicted molar refractivity (Wildman–Crippen MR) is 123 cm³/mol. The van der Waals surface area contributed by atoms with Crippen molar-refractivity contribution in [2.75, 3.05) is 4.90 Å². The van der Waals surface area contributed by atoms with Gasteiger partial charge in [0.1, 0.15) is 11.3 Å². The van der Waals surface area contributed by atoms with Crippen LogP contribution >= 0.6 is 11.3 Å². The van der Waals surface area contributed by atoms with Crippen molar-refractivity contribution in [1.29, 1.82) is 0 Å². The second kappa shape index (κ2) is 6.53. The minimum absolute atomic E-state index is 0.103. The maximum atomic E-state index is 13.2. The molecule has 3 aromatic carbocycles. The average Bonchev–Trinajstić information content (AvgIpc) is 3.14. The maximum absolute atomic E-state index is 13.2. The quantitative estimate of drug-likeness (QED) is 0.454. The highest BCUT2D eigenvalue weighted by molar-refractivity contribution is 7.14. The molecule has 5 heteroatoms. The van der Waals surface area contributed by atoms with Crippen LogP contribution in [0.2, 0.25) is 0 Å². The maximum Gasteiger partial charge on any atom is 0.257 e. The van der Waals surface area contributed by atoms with Crippen molar-refractivity contribution < 1.29 is 9.90 Å². The molecule has 1 amide bonds. The van der Waals surface area contributed by atoms with Crippen LogP contribution in [0.5, 0.6) is 5.75 Å². The first-order valence-electron chi connectivity index (χ1n) is 10.3. The molecule has 1 unspecified atom stereocenters. The fraction of sp³-hybridized carbons (Fsp3) is 0.154. The van der Waals surface area contributed by atoms with Gasteiger partial charge in [-0.05, 0) is 46.9 Å². The van der Waals surface area contributed by atoms with E-state index in [9.17, 15) is 9.90 Å². The lowest BCUT2D eigenvalue weighted by molar-refractivity contribution is -0.111. The van der Waals surface area contributed by atoms with E-state index in [4.69, 9.17) is 0 Å². The van der Waals surface area contributed by atoms with E-state index in [1.807, 2.05) is 22.4 Å². The van der Waals surface area contributed by atoms with Crippen LogP contribution in [-0.2, 0) is 11.2 Å². The number of hydrogen-bond acceptors (Lipinski definition) is 4. The molecule has 6 rings (SSSR count). The van der Waals surface area contributed by atoms with Crippen molar-refractivity contribution in [3.8, 4) is 16.9 Å². The number of carbonyl (C=O) groups excluding carboxylic acids is 1. The summed E-state index contributed by atoms with van der Waals surface area (Å²) in [6.45, 7) is 2.08. The SMILES string of the molecule is Cc1ccc(-c2ccc(C3c4cc(O)ccc4C[C@@]34C(=O)N4c3nccs3)cc2)cc1. The Bertz CT molecular complexity index is 1300. The van der Waals surface area contributed by atoms with Gasteiger partial charge in [0.05, 0.1) is 0 Å². The molecule has 1 N–H and O–H groups in total. The van der Waals surface area contributed by atoms with Gasteiger partial charge in [0.2, 0.25) is 0 Å². The van der Waals surface area contributed by atoms with Crippen molar-refractivity contribution in [2.45, 2.75) is 24.8 Å². The molecule has 152 valence electrons. The van der Waals surface area contributed by atoms with E-state index in [1.165, 1.54) is 22.5 Å². The molecule has 1 fully saturated rings. The standard InChI is InChI=1S/C26H20N2O2S/c1-16-2-4-17(5-3-16)18-6-8-19(9-7-18)23-22-14-21(29)11-10-20(22)15-26(23)24(30)28(26)25-27-12-13-31-25/h2-14,23,29H,15H2,1H3/t23?,26-,28?/m0/s1. The van der Waals surface area contributed by atoms with Crippen molar-refractivity contribution in [3.05, 3.63) is 101 Å². The highest BCUT2D eigenvalue weighted by Crippen LogP contribution is 2.59. The zero-order valence-electron chi connectivity index (χ0n) is 16.9. The van der Waals surface area contributed by atoms with Gasteiger partial charge in [0.15, 0.2) is 5.13 Å². The Kier molecular flexibility index (Phi) is 3.86. The number of benzene rings is 3. The summed E-state index contributed by atoms with van der Waals surface area (Å²) in [5.41, 5.74) is 6.11. The third-order valence-electron chi connectivity index (χ3n) is 6.54. The second-order valence-electron chi connectivity index (χ2n) is 8.36. The van der Waals surface area contributed by atoms with Gasteiger partial charge in [-0.3, -0.25) is 9.69 Å². The molecule has 2 aliphatic rings. The third-order valence-corrected chi connectivity index (χ3v) is 7.30. The van der Waals surface area contributed by atoms with Gasteiger partial charge in [-0.2, -0.15) is 0 Å². The van der Waals surface area contributed by atoms with E-state index in [-0.39, 0.29) is 17.6 Å². The smallest absolute Gasteiger partial charge is 0.257 e. The summed E-state index contributed by atoms with van der Waals surface area (Å²) in [4.78, 5) is 19.5. The summed E-state index contributed by atoms with van der Waals surface area (Å²) < 4.78 is 0. The lowest BCUT2D eigenvalue weighted by Crippen LogP contribution is -2.25. The predicted octanol–water partition coefficient (Wildman–Crippen LogP) is 5.30. The molecule has 4 aromatic rings. The normalized spacial score (nSPS) is 21.5. The Balaban J connectivity index is 1.45. The molecular formula is C26H20N2O2S. The Morgan fingerprint density at radius 1 is 1.03 bits per heavy atom. The number of rotatable bonds is 3. The van der Waals surface area contributed by atoms with E-state index in [0.29, 0.717) is 6.42 Å². The Labute approximate surface area is 184 Å². The van der Waals surface area contributed by atoms with Gasteiger partial charge in [0, 0.05) is 23.9 Å². The summed E-state index contributed by atoms with van der Waals surface area (Å²) in [5.74, 6) is 0.190. The lowest BCUT2D eigenvalue weighted by Gasteiger charge is -2.20. The van der Waals surface area contributed by atoms with Crippen molar-refractivity contribution in [3.63, 3.8) is 0 Å².